The molecule has 0 saturated carbocycles. The molecule has 3 nitrogen and oxygen atoms in total. The Labute approximate surface area is 123 Å². The van der Waals surface area contributed by atoms with Gasteiger partial charge in [-0.05, 0) is 31.2 Å². The van der Waals surface area contributed by atoms with Gasteiger partial charge in [0.1, 0.15) is 9.84 Å². The summed E-state index contributed by atoms with van der Waals surface area (Å²) in [7, 11) is -3.09. The van der Waals surface area contributed by atoms with Crippen molar-refractivity contribution in [2.24, 2.45) is 0 Å². The van der Waals surface area contributed by atoms with Gasteiger partial charge in [-0.15, -0.1) is 0 Å². The monoisotopic (exact) mass is 323 g/mol. The predicted molar refractivity (Wildman–Crippen MR) is 76.7 cm³/mol. The maximum Gasteiger partial charge on any atom is 0.416 e. The molecule has 0 aliphatic rings. The van der Waals surface area contributed by atoms with Gasteiger partial charge in [0.05, 0.1) is 11.3 Å². The smallest absolute Gasteiger partial charge is 0.296 e. The first kappa shape index (κ1) is 18.0. The normalized spacial score (nSPS) is 14.4. The topological polar surface area (TPSA) is 37.4 Å². The minimum atomic E-state index is -4.34. The zero-order valence-electron chi connectivity index (χ0n) is 12.3. The molecule has 0 amide bonds. The van der Waals surface area contributed by atoms with E-state index in [1.54, 1.807) is 6.92 Å². The van der Waals surface area contributed by atoms with Gasteiger partial charge in [0.15, 0.2) is 0 Å². The third-order valence-electron chi connectivity index (χ3n) is 3.24. The van der Waals surface area contributed by atoms with E-state index in [2.05, 4.69) is 0 Å². The van der Waals surface area contributed by atoms with E-state index in [1.165, 1.54) is 18.4 Å². The molecule has 1 unspecified atom stereocenters. The van der Waals surface area contributed by atoms with Crippen LogP contribution in [0.5, 0.6) is 0 Å². The molecule has 0 aromatic heterocycles. The van der Waals surface area contributed by atoms with Gasteiger partial charge in [0.2, 0.25) is 0 Å². The molecule has 1 atom stereocenters. The third kappa shape index (κ3) is 6.05. The first-order valence-electron chi connectivity index (χ1n) is 6.61. The first-order valence-corrected chi connectivity index (χ1v) is 8.67. The molecule has 0 fully saturated rings. The zero-order chi connectivity index (χ0) is 16.3. The van der Waals surface area contributed by atoms with Crippen LogP contribution in [-0.4, -0.2) is 37.9 Å². The molecule has 0 bridgehead atoms. The summed E-state index contributed by atoms with van der Waals surface area (Å²) < 4.78 is 60.1. The Hall–Kier alpha value is -1.08. The van der Waals surface area contributed by atoms with Crippen molar-refractivity contribution < 1.29 is 21.6 Å². The fourth-order valence-electron chi connectivity index (χ4n) is 2.16. The Morgan fingerprint density at radius 3 is 2.10 bits per heavy atom. The number of sulfone groups is 1. The molecule has 7 heteroatoms. The van der Waals surface area contributed by atoms with Gasteiger partial charge in [-0.2, -0.15) is 13.2 Å². The Morgan fingerprint density at radius 1 is 1.19 bits per heavy atom. The van der Waals surface area contributed by atoms with Gasteiger partial charge >= 0.3 is 6.18 Å². The van der Waals surface area contributed by atoms with Crippen molar-refractivity contribution in [3.63, 3.8) is 0 Å². The minimum absolute atomic E-state index is 0.0292. The van der Waals surface area contributed by atoms with Crippen LogP contribution in [0.3, 0.4) is 0 Å². The van der Waals surface area contributed by atoms with Crippen LogP contribution in [0.25, 0.3) is 0 Å². The van der Waals surface area contributed by atoms with Crippen LogP contribution in [0.4, 0.5) is 13.2 Å². The highest BCUT2D eigenvalue weighted by Crippen LogP contribution is 2.29. The van der Waals surface area contributed by atoms with Gasteiger partial charge < -0.3 is 0 Å². The number of rotatable bonds is 6. The number of hydrogen-bond acceptors (Lipinski definition) is 3. The molecule has 0 spiro atoms. The zero-order valence-corrected chi connectivity index (χ0v) is 13.1. The summed E-state index contributed by atoms with van der Waals surface area (Å²) in [6.07, 6.45) is -3.16. The van der Waals surface area contributed by atoms with Crippen LogP contribution < -0.4 is 0 Å². The fraction of sp³-hybridized carbons (Fsp3) is 0.571. The first-order chi connectivity index (χ1) is 9.53. The highest BCUT2D eigenvalue weighted by molar-refractivity contribution is 7.90. The van der Waals surface area contributed by atoms with Crippen LogP contribution >= 0.6 is 0 Å². The summed E-state index contributed by atoms with van der Waals surface area (Å²) in [5.74, 6) is 0.0292. The van der Waals surface area contributed by atoms with Gasteiger partial charge in [0.25, 0.3) is 0 Å². The van der Waals surface area contributed by atoms with Crippen molar-refractivity contribution >= 4 is 9.84 Å². The lowest BCUT2D eigenvalue weighted by atomic mass is 10.1. The molecule has 0 saturated heterocycles. The standard InChI is InChI=1S/C14H20F3NO2S/c1-4-18(11(2)10-21(3,19)20)9-12-5-7-13(8-6-12)14(15,16)17/h5-8,11H,4,9-10H2,1-3H3. The van der Waals surface area contributed by atoms with E-state index in [0.29, 0.717) is 13.1 Å². The number of hydrogen-bond donors (Lipinski definition) is 0. The Bertz CT molecular complexity index is 553. The molecule has 0 aliphatic heterocycles. The maximum atomic E-state index is 12.5. The summed E-state index contributed by atoms with van der Waals surface area (Å²) in [4.78, 5) is 1.92. The summed E-state index contributed by atoms with van der Waals surface area (Å²) >= 11 is 0. The SMILES string of the molecule is CCN(Cc1ccc(C(F)(F)F)cc1)C(C)CS(C)(=O)=O. The van der Waals surface area contributed by atoms with E-state index in [4.69, 9.17) is 0 Å². The fourth-order valence-corrected chi connectivity index (χ4v) is 3.24. The van der Waals surface area contributed by atoms with Crippen LogP contribution in [0.2, 0.25) is 0 Å². The maximum absolute atomic E-state index is 12.5. The van der Waals surface area contributed by atoms with Crippen molar-refractivity contribution in [2.75, 3.05) is 18.6 Å². The van der Waals surface area contributed by atoms with Crippen molar-refractivity contribution in [2.45, 2.75) is 32.6 Å². The lowest BCUT2D eigenvalue weighted by Crippen LogP contribution is -2.37. The molecule has 1 aromatic rings. The molecule has 0 aliphatic carbocycles. The van der Waals surface area contributed by atoms with E-state index < -0.39 is 21.6 Å². The van der Waals surface area contributed by atoms with E-state index in [9.17, 15) is 21.6 Å². The van der Waals surface area contributed by atoms with Gasteiger partial charge in [-0.25, -0.2) is 8.42 Å². The molecule has 0 N–H and O–H groups in total. The van der Waals surface area contributed by atoms with Crippen LogP contribution in [-0.2, 0) is 22.6 Å². The molecular formula is C14H20F3NO2S. The number of nitrogens with zero attached hydrogens (tertiary/aromatic N) is 1. The highest BCUT2D eigenvalue weighted by Gasteiger charge is 2.30. The molecule has 1 rings (SSSR count). The molecule has 120 valence electrons. The molecule has 0 radical (unpaired) electrons. The number of benzene rings is 1. The second-order valence-corrected chi connectivity index (χ2v) is 7.38. The van der Waals surface area contributed by atoms with E-state index >= 15 is 0 Å². The van der Waals surface area contributed by atoms with E-state index in [0.717, 1.165) is 17.7 Å². The van der Waals surface area contributed by atoms with Gasteiger partial charge in [-0.3, -0.25) is 4.90 Å². The predicted octanol–water partition coefficient (Wildman–Crippen LogP) is 2.96. The number of alkyl halides is 3. The van der Waals surface area contributed by atoms with Gasteiger partial charge in [0, 0.05) is 18.8 Å². The molecule has 1 aromatic carbocycles. The average Bonchev–Trinajstić information content (AvgIpc) is 2.33. The summed E-state index contributed by atoms with van der Waals surface area (Å²) in [5.41, 5.74) is 0.0451. The quantitative estimate of drug-likeness (QED) is 0.808. The molecule has 21 heavy (non-hydrogen) atoms. The average molecular weight is 323 g/mol. The Kier molecular flexibility index (Phi) is 5.81. The number of halogens is 3. The lowest BCUT2D eigenvalue weighted by molar-refractivity contribution is -0.137. The minimum Gasteiger partial charge on any atom is -0.296 e. The van der Waals surface area contributed by atoms with E-state index in [1.807, 2.05) is 11.8 Å². The van der Waals surface area contributed by atoms with Gasteiger partial charge in [-0.1, -0.05) is 19.1 Å². The summed E-state index contributed by atoms with van der Waals surface area (Å²) in [6, 6.07) is 4.76. The second kappa shape index (κ2) is 6.79. The van der Waals surface area contributed by atoms with Crippen molar-refractivity contribution in [1.82, 2.24) is 4.90 Å². The Morgan fingerprint density at radius 2 is 1.71 bits per heavy atom. The second-order valence-electron chi connectivity index (χ2n) is 5.20. The van der Waals surface area contributed by atoms with E-state index in [-0.39, 0.29) is 11.8 Å². The summed E-state index contributed by atoms with van der Waals surface area (Å²) in [6.45, 7) is 4.74. The van der Waals surface area contributed by atoms with Crippen molar-refractivity contribution in [1.29, 1.82) is 0 Å². The lowest BCUT2D eigenvalue weighted by Gasteiger charge is -2.27. The molecule has 0 heterocycles. The highest BCUT2D eigenvalue weighted by atomic mass is 32.2. The van der Waals surface area contributed by atoms with Crippen LogP contribution in [0, 0.1) is 0 Å². The summed E-state index contributed by atoms with van der Waals surface area (Å²) in [5, 5.41) is 0. The Balaban J connectivity index is 2.78. The largest absolute Gasteiger partial charge is 0.416 e. The van der Waals surface area contributed by atoms with Crippen molar-refractivity contribution in [3.05, 3.63) is 35.4 Å². The van der Waals surface area contributed by atoms with Crippen molar-refractivity contribution in [3.8, 4) is 0 Å². The van der Waals surface area contributed by atoms with Crippen LogP contribution in [0.1, 0.15) is 25.0 Å². The van der Waals surface area contributed by atoms with Crippen LogP contribution in [0.15, 0.2) is 24.3 Å². The molecular weight excluding hydrogens is 303 g/mol. The third-order valence-corrected chi connectivity index (χ3v) is 4.33.